The molecule has 8 heteroatoms. The molecule has 0 aliphatic heterocycles. The molecule has 0 heterocycles. The van der Waals surface area contributed by atoms with Gasteiger partial charge in [0.05, 0.1) is 12.5 Å². The van der Waals surface area contributed by atoms with Crippen LogP contribution < -0.4 is 15.4 Å². The smallest absolute Gasteiger partial charge is 0.391 e. The predicted octanol–water partition coefficient (Wildman–Crippen LogP) is 3.41. The molecule has 0 amide bonds. The van der Waals surface area contributed by atoms with E-state index in [4.69, 9.17) is 4.74 Å². The number of hydrogen-bond acceptors (Lipinski definition) is 3. The van der Waals surface area contributed by atoms with Gasteiger partial charge in [0, 0.05) is 12.6 Å². The van der Waals surface area contributed by atoms with Crippen molar-refractivity contribution in [3.8, 4) is 5.75 Å². The van der Waals surface area contributed by atoms with Crippen LogP contribution in [0.5, 0.6) is 5.75 Å². The molecule has 0 bridgehead atoms. The molecule has 0 radical (unpaired) electrons. The van der Waals surface area contributed by atoms with E-state index in [0.29, 0.717) is 31.1 Å². The van der Waals surface area contributed by atoms with Gasteiger partial charge in [0.15, 0.2) is 5.96 Å². The van der Waals surface area contributed by atoms with Crippen LogP contribution in [0.25, 0.3) is 0 Å². The lowest BCUT2D eigenvalue weighted by Crippen LogP contribution is -2.47. The molecule has 1 fully saturated rings. The molecular formula is C20H30F3N3O2. The molecule has 3 N–H and O–H groups in total. The van der Waals surface area contributed by atoms with Crippen molar-refractivity contribution in [3.63, 3.8) is 0 Å². The Morgan fingerprint density at radius 1 is 1.36 bits per heavy atom. The summed E-state index contributed by atoms with van der Waals surface area (Å²) in [6.45, 7) is 4.60. The SMILES string of the molecule is CCNC(=NCC(O)COc1cccc(C)c1)NC1CCCC(C(F)(F)F)C1. The van der Waals surface area contributed by atoms with Gasteiger partial charge in [-0.2, -0.15) is 13.2 Å². The number of aliphatic imine (C=N–C) groups is 1. The van der Waals surface area contributed by atoms with E-state index in [9.17, 15) is 18.3 Å². The van der Waals surface area contributed by atoms with Crippen LogP contribution in [-0.2, 0) is 0 Å². The summed E-state index contributed by atoms with van der Waals surface area (Å²) in [7, 11) is 0. The molecule has 0 spiro atoms. The number of halogens is 3. The third-order valence-corrected chi connectivity index (χ3v) is 4.71. The maximum absolute atomic E-state index is 13.0. The summed E-state index contributed by atoms with van der Waals surface area (Å²) >= 11 is 0. The number of nitrogens with one attached hydrogen (secondary N) is 2. The van der Waals surface area contributed by atoms with Gasteiger partial charge in [-0.15, -0.1) is 0 Å². The van der Waals surface area contributed by atoms with Crippen LogP contribution >= 0.6 is 0 Å². The van der Waals surface area contributed by atoms with Gasteiger partial charge in [-0.1, -0.05) is 18.6 Å². The van der Waals surface area contributed by atoms with Gasteiger partial charge in [0.1, 0.15) is 18.5 Å². The number of rotatable bonds is 7. The summed E-state index contributed by atoms with van der Waals surface area (Å²) in [5.74, 6) is -0.173. The second-order valence-corrected chi connectivity index (χ2v) is 7.25. The van der Waals surface area contributed by atoms with E-state index >= 15 is 0 Å². The normalized spacial score (nSPS) is 21.9. The maximum atomic E-state index is 13.0. The van der Waals surface area contributed by atoms with Crippen molar-refractivity contribution in [3.05, 3.63) is 29.8 Å². The van der Waals surface area contributed by atoms with E-state index in [-0.39, 0.29) is 32.0 Å². The Kier molecular flexibility index (Phi) is 8.41. The summed E-state index contributed by atoms with van der Waals surface area (Å²) in [4.78, 5) is 4.31. The minimum Gasteiger partial charge on any atom is -0.491 e. The zero-order valence-electron chi connectivity index (χ0n) is 16.4. The van der Waals surface area contributed by atoms with Crippen molar-refractivity contribution < 1.29 is 23.0 Å². The van der Waals surface area contributed by atoms with Gasteiger partial charge < -0.3 is 20.5 Å². The number of nitrogens with zero attached hydrogens (tertiary/aromatic N) is 1. The lowest BCUT2D eigenvalue weighted by atomic mass is 9.85. The summed E-state index contributed by atoms with van der Waals surface area (Å²) in [5, 5.41) is 16.2. The molecule has 1 aliphatic rings. The molecule has 28 heavy (non-hydrogen) atoms. The highest BCUT2D eigenvalue weighted by Crippen LogP contribution is 2.37. The molecule has 0 aromatic heterocycles. The van der Waals surface area contributed by atoms with Crippen LogP contribution in [0.1, 0.15) is 38.2 Å². The van der Waals surface area contributed by atoms with Gasteiger partial charge in [-0.05, 0) is 50.8 Å². The van der Waals surface area contributed by atoms with Crippen LogP contribution in [0, 0.1) is 12.8 Å². The average Bonchev–Trinajstić information content (AvgIpc) is 2.64. The third-order valence-electron chi connectivity index (χ3n) is 4.71. The number of ether oxygens (including phenoxy) is 1. The van der Waals surface area contributed by atoms with Crippen molar-refractivity contribution in [2.75, 3.05) is 19.7 Å². The van der Waals surface area contributed by atoms with Gasteiger partial charge in [-0.3, -0.25) is 4.99 Å². The summed E-state index contributed by atoms with van der Waals surface area (Å²) in [5.41, 5.74) is 1.06. The molecule has 5 nitrogen and oxygen atoms in total. The molecule has 0 saturated heterocycles. The highest BCUT2D eigenvalue weighted by Gasteiger charge is 2.42. The zero-order valence-corrected chi connectivity index (χ0v) is 16.4. The molecule has 1 aliphatic carbocycles. The average molecular weight is 401 g/mol. The standard InChI is InChI=1S/C20H30F3N3O2/c1-3-24-19(26-16-8-5-7-15(11-16)20(21,22)23)25-12-17(27)13-28-18-9-4-6-14(2)10-18/h4,6,9-10,15-17,27H,3,5,7-8,11-13H2,1-2H3,(H2,24,25,26). The van der Waals surface area contributed by atoms with Gasteiger partial charge in [-0.25, -0.2) is 0 Å². The molecule has 1 saturated carbocycles. The monoisotopic (exact) mass is 401 g/mol. The van der Waals surface area contributed by atoms with E-state index in [1.54, 1.807) is 0 Å². The minimum atomic E-state index is -4.15. The lowest BCUT2D eigenvalue weighted by molar-refractivity contribution is -0.183. The fraction of sp³-hybridized carbons (Fsp3) is 0.650. The third kappa shape index (κ3) is 7.58. The quantitative estimate of drug-likeness (QED) is 0.484. The van der Waals surface area contributed by atoms with E-state index in [1.807, 2.05) is 38.1 Å². The van der Waals surface area contributed by atoms with Crippen molar-refractivity contribution in [2.45, 2.75) is 57.9 Å². The summed E-state index contributed by atoms with van der Waals surface area (Å²) < 4.78 is 44.5. The Hall–Kier alpha value is -1.96. The highest BCUT2D eigenvalue weighted by molar-refractivity contribution is 5.80. The molecule has 2 rings (SSSR count). The first-order chi connectivity index (χ1) is 13.3. The second kappa shape index (κ2) is 10.5. The largest absolute Gasteiger partial charge is 0.491 e. The van der Waals surface area contributed by atoms with Crippen LogP contribution in [-0.4, -0.2) is 49.1 Å². The predicted molar refractivity (Wildman–Crippen MR) is 104 cm³/mol. The molecule has 3 atom stereocenters. The van der Waals surface area contributed by atoms with Crippen LogP contribution in [0.2, 0.25) is 0 Å². The second-order valence-electron chi connectivity index (χ2n) is 7.25. The first-order valence-corrected chi connectivity index (χ1v) is 9.77. The number of alkyl halides is 3. The number of aliphatic hydroxyl groups excluding tert-OH is 1. The van der Waals surface area contributed by atoms with Crippen molar-refractivity contribution in [2.24, 2.45) is 10.9 Å². The zero-order chi connectivity index (χ0) is 20.6. The lowest BCUT2D eigenvalue weighted by Gasteiger charge is -2.32. The van der Waals surface area contributed by atoms with Gasteiger partial charge in [0.2, 0.25) is 0 Å². The number of guanidine groups is 1. The molecule has 3 unspecified atom stereocenters. The van der Waals surface area contributed by atoms with Crippen LogP contribution in [0.3, 0.4) is 0 Å². The Bertz CT molecular complexity index is 637. The number of hydrogen-bond donors (Lipinski definition) is 3. The first-order valence-electron chi connectivity index (χ1n) is 9.77. The van der Waals surface area contributed by atoms with E-state index in [0.717, 1.165) is 5.56 Å². The van der Waals surface area contributed by atoms with Gasteiger partial charge in [0.25, 0.3) is 0 Å². The summed E-state index contributed by atoms with van der Waals surface area (Å²) in [6, 6.07) is 7.24. The van der Waals surface area contributed by atoms with E-state index in [2.05, 4.69) is 15.6 Å². The van der Waals surface area contributed by atoms with Crippen molar-refractivity contribution in [1.82, 2.24) is 10.6 Å². The Labute approximate surface area is 164 Å². The Balaban J connectivity index is 1.85. The molecule has 1 aromatic carbocycles. The highest BCUT2D eigenvalue weighted by atomic mass is 19.4. The van der Waals surface area contributed by atoms with Crippen molar-refractivity contribution >= 4 is 5.96 Å². The fourth-order valence-corrected chi connectivity index (χ4v) is 3.28. The topological polar surface area (TPSA) is 65.9 Å². The van der Waals surface area contributed by atoms with Gasteiger partial charge >= 0.3 is 6.18 Å². The number of aryl methyl sites for hydroxylation is 1. The Morgan fingerprint density at radius 2 is 2.14 bits per heavy atom. The number of benzene rings is 1. The van der Waals surface area contributed by atoms with E-state index in [1.165, 1.54) is 0 Å². The summed E-state index contributed by atoms with van der Waals surface area (Å²) in [6.07, 6.45) is -3.52. The fourth-order valence-electron chi connectivity index (χ4n) is 3.28. The Morgan fingerprint density at radius 3 is 2.82 bits per heavy atom. The maximum Gasteiger partial charge on any atom is 0.391 e. The van der Waals surface area contributed by atoms with Crippen LogP contribution in [0.15, 0.2) is 29.3 Å². The minimum absolute atomic E-state index is 0.0485. The van der Waals surface area contributed by atoms with Crippen LogP contribution in [0.4, 0.5) is 13.2 Å². The first kappa shape index (κ1) is 22.3. The number of aliphatic hydroxyl groups is 1. The molecule has 158 valence electrons. The van der Waals surface area contributed by atoms with Crippen molar-refractivity contribution in [1.29, 1.82) is 0 Å². The molecule has 1 aromatic rings. The molecular weight excluding hydrogens is 371 g/mol. The van der Waals surface area contributed by atoms with E-state index < -0.39 is 18.2 Å².